The lowest BCUT2D eigenvalue weighted by Gasteiger charge is -2.17. The lowest BCUT2D eigenvalue weighted by atomic mass is 10.1. The zero-order valence-electron chi connectivity index (χ0n) is 12.0. The van der Waals surface area contributed by atoms with Crippen molar-refractivity contribution in [3.8, 4) is 11.5 Å². The molecule has 0 radical (unpaired) electrons. The number of hydrogen-bond donors (Lipinski definition) is 2. The molecule has 0 spiro atoms. The van der Waals surface area contributed by atoms with Crippen LogP contribution < -0.4 is 10.1 Å². The van der Waals surface area contributed by atoms with E-state index >= 15 is 0 Å². The van der Waals surface area contributed by atoms with Gasteiger partial charge in [-0.3, -0.25) is 0 Å². The van der Waals surface area contributed by atoms with Crippen molar-refractivity contribution in [3.63, 3.8) is 0 Å². The number of hydrogen-bond acceptors (Lipinski definition) is 3. The number of rotatable bonds is 6. The van der Waals surface area contributed by atoms with Crippen molar-refractivity contribution >= 4 is 5.69 Å². The highest BCUT2D eigenvalue weighted by Crippen LogP contribution is 2.27. The van der Waals surface area contributed by atoms with Gasteiger partial charge in [0.1, 0.15) is 11.5 Å². The molecule has 0 fully saturated rings. The van der Waals surface area contributed by atoms with Crippen LogP contribution >= 0.6 is 0 Å². The van der Waals surface area contributed by atoms with Crippen LogP contribution in [-0.2, 0) is 0 Å². The minimum atomic E-state index is 0.0404. The Bertz CT molecular complexity index is 537. The number of phenolic OH excluding ortho intramolecular Hbond substituents is 1. The smallest absolute Gasteiger partial charge is 0.120 e. The molecule has 0 amide bonds. The van der Waals surface area contributed by atoms with Crippen LogP contribution in [0.25, 0.3) is 0 Å². The van der Waals surface area contributed by atoms with Gasteiger partial charge in [-0.15, -0.1) is 0 Å². The molecule has 2 rings (SSSR count). The van der Waals surface area contributed by atoms with Gasteiger partial charge in [0.15, 0.2) is 0 Å². The minimum absolute atomic E-state index is 0.0404. The summed E-state index contributed by atoms with van der Waals surface area (Å²) in [6.07, 6.45) is 1.00. The summed E-state index contributed by atoms with van der Waals surface area (Å²) in [5.41, 5.74) is 1.89. The van der Waals surface area contributed by atoms with Crippen molar-refractivity contribution in [1.82, 2.24) is 0 Å². The van der Waals surface area contributed by atoms with Crippen LogP contribution in [0.4, 0.5) is 5.69 Å². The fourth-order valence-electron chi connectivity index (χ4n) is 2.05. The van der Waals surface area contributed by atoms with Crippen LogP contribution in [0.3, 0.4) is 0 Å². The van der Waals surface area contributed by atoms with E-state index in [1.807, 2.05) is 49.4 Å². The van der Waals surface area contributed by atoms with E-state index in [9.17, 15) is 5.11 Å². The van der Waals surface area contributed by atoms with Crippen molar-refractivity contribution in [2.45, 2.75) is 26.3 Å². The van der Waals surface area contributed by atoms with Gasteiger partial charge in [-0.1, -0.05) is 25.1 Å². The highest BCUT2D eigenvalue weighted by Gasteiger charge is 2.09. The van der Waals surface area contributed by atoms with Gasteiger partial charge in [-0.25, -0.2) is 0 Å². The third-order valence-electron chi connectivity index (χ3n) is 3.11. The summed E-state index contributed by atoms with van der Waals surface area (Å²) in [5.74, 6) is 1.20. The van der Waals surface area contributed by atoms with Crippen molar-refractivity contribution in [3.05, 3.63) is 54.1 Å². The first-order chi connectivity index (χ1) is 9.70. The van der Waals surface area contributed by atoms with Crippen LogP contribution in [0.15, 0.2) is 48.5 Å². The van der Waals surface area contributed by atoms with Gasteiger partial charge < -0.3 is 15.2 Å². The predicted octanol–water partition coefficient (Wildman–Crippen LogP) is 4.35. The predicted molar refractivity (Wildman–Crippen MR) is 82.4 cm³/mol. The molecule has 20 heavy (non-hydrogen) atoms. The summed E-state index contributed by atoms with van der Waals surface area (Å²) in [5, 5.41) is 13.2. The van der Waals surface area contributed by atoms with Crippen molar-refractivity contribution < 1.29 is 9.84 Å². The number of anilines is 1. The Labute approximate surface area is 120 Å². The van der Waals surface area contributed by atoms with Crippen LogP contribution in [0.5, 0.6) is 11.5 Å². The van der Waals surface area contributed by atoms with Crippen LogP contribution in [0, 0.1) is 0 Å². The fraction of sp³-hybridized carbons (Fsp3) is 0.294. The molecule has 0 heterocycles. The number of benzene rings is 2. The van der Waals surface area contributed by atoms with Crippen molar-refractivity contribution in [2.75, 3.05) is 11.9 Å². The van der Waals surface area contributed by atoms with Crippen LogP contribution in [0.2, 0.25) is 0 Å². The summed E-state index contributed by atoms with van der Waals surface area (Å²) in [6, 6.07) is 15.3. The van der Waals surface area contributed by atoms with E-state index in [4.69, 9.17) is 4.74 Å². The van der Waals surface area contributed by atoms with Gasteiger partial charge in [-0.2, -0.15) is 0 Å². The second-order valence-corrected chi connectivity index (χ2v) is 4.80. The van der Waals surface area contributed by atoms with Gasteiger partial charge in [0.25, 0.3) is 0 Å². The minimum Gasteiger partial charge on any atom is -0.508 e. The Balaban J connectivity index is 2.01. The Morgan fingerprint density at radius 1 is 1.10 bits per heavy atom. The van der Waals surface area contributed by atoms with E-state index in [1.165, 1.54) is 0 Å². The number of aromatic hydroxyl groups is 1. The van der Waals surface area contributed by atoms with E-state index in [0.717, 1.165) is 30.0 Å². The summed E-state index contributed by atoms with van der Waals surface area (Å²) >= 11 is 0. The highest BCUT2D eigenvalue weighted by molar-refractivity contribution is 5.49. The SMILES string of the molecule is CCCOc1ccc(NC(C)c2ccccc2O)cc1. The molecule has 1 atom stereocenters. The first kappa shape index (κ1) is 14.3. The average molecular weight is 271 g/mol. The first-order valence-corrected chi connectivity index (χ1v) is 6.98. The molecule has 0 saturated heterocycles. The van der Waals surface area contributed by atoms with E-state index < -0.39 is 0 Å². The van der Waals surface area contributed by atoms with E-state index in [0.29, 0.717) is 5.75 Å². The van der Waals surface area contributed by atoms with E-state index in [2.05, 4.69) is 12.2 Å². The molecule has 3 heteroatoms. The molecular weight excluding hydrogens is 250 g/mol. The maximum Gasteiger partial charge on any atom is 0.120 e. The molecule has 0 aromatic heterocycles. The quantitative estimate of drug-likeness (QED) is 0.820. The lowest BCUT2D eigenvalue weighted by Crippen LogP contribution is -2.06. The summed E-state index contributed by atoms with van der Waals surface area (Å²) in [4.78, 5) is 0. The summed E-state index contributed by atoms with van der Waals surface area (Å²) < 4.78 is 5.55. The van der Waals surface area contributed by atoms with Gasteiger partial charge >= 0.3 is 0 Å². The Morgan fingerprint density at radius 2 is 1.80 bits per heavy atom. The molecule has 2 aromatic carbocycles. The summed E-state index contributed by atoms with van der Waals surface area (Å²) in [7, 11) is 0. The molecule has 0 aliphatic carbocycles. The van der Waals surface area contributed by atoms with E-state index in [1.54, 1.807) is 6.07 Å². The fourth-order valence-corrected chi connectivity index (χ4v) is 2.05. The van der Waals surface area contributed by atoms with E-state index in [-0.39, 0.29) is 6.04 Å². The molecule has 0 saturated carbocycles. The van der Waals surface area contributed by atoms with Crippen molar-refractivity contribution in [2.24, 2.45) is 0 Å². The molecule has 2 aromatic rings. The molecule has 0 aliphatic heterocycles. The zero-order valence-corrected chi connectivity index (χ0v) is 12.0. The maximum atomic E-state index is 9.84. The number of ether oxygens (including phenoxy) is 1. The molecule has 1 unspecified atom stereocenters. The number of nitrogens with one attached hydrogen (secondary N) is 1. The monoisotopic (exact) mass is 271 g/mol. The molecule has 0 aliphatic rings. The average Bonchev–Trinajstić information content (AvgIpc) is 2.47. The van der Waals surface area contributed by atoms with Gasteiger partial charge in [0, 0.05) is 11.3 Å². The molecule has 2 N–H and O–H groups in total. The number of phenols is 1. The largest absolute Gasteiger partial charge is 0.508 e. The van der Waals surface area contributed by atoms with Crippen LogP contribution in [0.1, 0.15) is 31.9 Å². The topological polar surface area (TPSA) is 41.5 Å². The zero-order chi connectivity index (χ0) is 14.4. The summed E-state index contributed by atoms with van der Waals surface area (Å²) in [6.45, 7) is 4.85. The molecule has 0 bridgehead atoms. The third-order valence-corrected chi connectivity index (χ3v) is 3.11. The second kappa shape index (κ2) is 6.85. The lowest BCUT2D eigenvalue weighted by molar-refractivity contribution is 0.317. The second-order valence-electron chi connectivity index (χ2n) is 4.80. The normalized spacial score (nSPS) is 11.9. The first-order valence-electron chi connectivity index (χ1n) is 6.98. The van der Waals surface area contributed by atoms with Gasteiger partial charge in [0.05, 0.1) is 12.6 Å². The molecular formula is C17H21NO2. The molecule has 3 nitrogen and oxygen atoms in total. The highest BCUT2D eigenvalue weighted by atomic mass is 16.5. The van der Waals surface area contributed by atoms with Crippen LogP contribution in [-0.4, -0.2) is 11.7 Å². The standard InChI is InChI=1S/C17H21NO2/c1-3-12-20-15-10-8-14(9-11-15)18-13(2)16-6-4-5-7-17(16)19/h4-11,13,18-19H,3,12H2,1-2H3. The Kier molecular flexibility index (Phi) is 4.88. The molecule has 106 valence electrons. The maximum absolute atomic E-state index is 9.84. The van der Waals surface area contributed by atoms with Gasteiger partial charge in [-0.05, 0) is 43.7 Å². The number of para-hydroxylation sites is 1. The van der Waals surface area contributed by atoms with Gasteiger partial charge in [0.2, 0.25) is 0 Å². The van der Waals surface area contributed by atoms with Crippen molar-refractivity contribution in [1.29, 1.82) is 0 Å². The Hall–Kier alpha value is -2.16. The Morgan fingerprint density at radius 3 is 2.45 bits per heavy atom. The third kappa shape index (κ3) is 3.67.